The second-order valence-corrected chi connectivity index (χ2v) is 5.70. The van der Waals surface area contributed by atoms with Crippen molar-refractivity contribution >= 4 is 15.9 Å². The van der Waals surface area contributed by atoms with Gasteiger partial charge in [0.15, 0.2) is 0 Å². The van der Waals surface area contributed by atoms with E-state index in [1.807, 2.05) is 44.3 Å². The molecule has 112 valence electrons. The summed E-state index contributed by atoms with van der Waals surface area (Å²) in [6.07, 6.45) is 0.593. The zero-order valence-electron chi connectivity index (χ0n) is 12.2. The zero-order valence-corrected chi connectivity index (χ0v) is 13.8. The van der Waals surface area contributed by atoms with E-state index in [1.165, 1.54) is 6.07 Å². The zero-order chi connectivity index (χ0) is 15.2. The first kappa shape index (κ1) is 16.0. The standard InChI is InChI=1S/C17H19BrFNO/c1-3-21-15-7-4-12(5-8-15)17(20-2)11-13-10-14(18)6-9-16(13)19/h4-10,17,20H,3,11H2,1-2H3. The second kappa shape index (κ2) is 7.57. The third-order valence-corrected chi connectivity index (χ3v) is 3.87. The van der Waals surface area contributed by atoms with Crippen molar-refractivity contribution in [1.82, 2.24) is 5.32 Å². The largest absolute Gasteiger partial charge is 0.494 e. The Morgan fingerprint density at radius 2 is 1.90 bits per heavy atom. The van der Waals surface area contributed by atoms with Crippen molar-refractivity contribution in [3.63, 3.8) is 0 Å². The van der Waals surface area contributed by atoms with Gasteiger partial charge in [0.25, 0.3) is 0 Å². The molecule has 1 N–H and O–H groups in total. The van der Waals surface area contributed by atoms with Gasteiger partial charge in [0, 0.05) is 10.5 Å². The predicted octanol–water partition coefficient (Wildman–Crippen LogP) is 4.49. The van der Waals surface area contributed by atoms with Crippen molar-refractivity contribution in [1.29, 1.82) is 0 Å². The van der Waals surface area contributed by atoms with Gasteiger partial charge in [-0.3, -0.25) is 0 Å². The van der Waals surface area contributed by atoms with Crippen molar-refractivity contribution in [2.45, 2.75) is 19.4 Å². The fourth-order valence-electron chi connectivity index (χ4n) is 2.27. The molecule has 0 saturated heterocycles. The predicted molar refractivity (Wildman–Crippen MR) is 87.2 cm³/mol. The Labute approximate surface area is 133 Å². The summed E-state index contributed by atoms with van der Waals surface area (Å²) in [5.41, 5.74) is 1.80. The van der Waals surface area contributed by atoms with Crippen LogP contribution in [0.25, 0.3) is 0 Å². The van der Waals surface area contributed by atoms with E-state index < -0.39 is 0 Å². The molecule has 0 spiro atoms. The van der Waals surface area contributed by atoms with E-state index in [4.69, 9.17) is 4.74 Å². The van der Waals surface area contributed by atoms with Crippen LogP contribution >= 0.6 is 15.9 Å². The summed E-state index contributed by atoms with van der Waals surface area (Å²) in [4.78, 5) is 0. The maximum Gasteiger partial charge on any atom is 0.126 e. The number of ether oxygens (including phenoxy) is 1. The molecule has 0 amide bonds. The molecule has 0 fully saturated rings. The van der Waals surface area contributed by atoms with E-state index in [0.29, 0.717) is 18.6 Å². The third-order valence-electron chi connectivity index (χ3n) is 3.37. The number of rotatable bonds is 6. The van der Waals surface area contributed by atoms with Crippen molar-refractivity contribution in [2.75, 3.05) is 13.7 Å². The number of nitrogens with one attached hydrogen (secondary N) is 1. The van der Waals surface area contributed by atoms with Gasteiger partial charge in [0.1, 0.15) is 11.6 Å². The van der Waals surface area contributed by atoms with Crippen molar-refractivity contribution in [3.8, 4) is 5.75 Å². The molecule has 1 atom stereocenters. The molecule has 2 aromatic rings. The number of hydrogen-bond acceptors (Lipinski definition) is 2. The minimum Gasteiger partial charge on any atom is -0.494 e. The number of halogens is 2. The Hall–Kier alpha value is -1.39. The summed E-state index contributed by atoms with van der Waals surface area (Å²) < 4.78 is 20.2. The SMILES string of the molecule is CCOc1ccc(C(Cc2cc(Br)ccc2F)NC)cc1. The van der Waals surface area contributed by atoms with Crippen molar-refractivity contribution in [3.05, 3.63) is 63.9 Å². The molecule has 0 radical (unpaired) electrons. The van der Waals surface area contributed by atoms with Crippen LogP contribution in [0, 0.1) is 5.82 Å². The summed E-state index contributed by atoms with van der Waals surface area (Å²) in [5, 5.41) is 3.24. The van der Waals surface area contributed by atoms with E-state index in [-0.39, 0.29) is 11.9 Å². The minimum atomic E-state index is -0.176. The van der Waals surface area contributed by atoms with Crippen LogP contribution in [-0.2, 0) is 6.42 Å². The molecule has 2 nitrogen and oxygen atoms in total. The number of likely N-dealkylation sites (N-methyl/N-ethyl adjacent to an activating group) is 1. The molecular weight excluding hydrogens is 333 g/mol. The van der Waals surface area contributed by atoms with Gasteiger partial charge in [-0.1, -0.05) is 28.1 Å². The molecule has 0 saturated carbocycles. The summed E-state index contributed by atoms with van der Waals surface area (Å²) in [5.74, 6) is 0.675. The maximum atomic E-state index is 13.9. The van der Waals surface area contributed by atoms with Gasteiger partial charge in [0.2, 0.25) is 0 Å². The first-order valence-corrected chi connectivity index (χ1v) is 7.77. The molecule has 0 aliphatic carbocycles. The van der Waals surface area contributed by atoms with Crippen LogP contribution in [0.15, 0.2) is 46.9 Å². The van der Waals surface area contributed by atoms with E-state index in [1.54, 1.807) is 6.07 Å². The van der Waals surface area contributed by atoms with Crippen LogP contribution in [0.4, 0.5) is 4.39 Å². The molecule has 2 aromatic carbocycles. The van der Waals surface area contributed by atoms with E-state index >= 15 is 0 Å². The monoisotopic (exact) mass is 351 g/mol. The van der Waals surface area contributed by atoms with E-state index in [9.17, 15) is 4.39 Å². The Morgan fingerprint density at radius 1 is 1.19 bits per heavy atom. The average molecular weight is 352 g/mol. The fourth-order valence-corrected chi connectivity index (χ4v) is 2.68. The molecular formula is C17H19BrFNO. The summed E-state index contributed by atoms with van der Waals surface area (Å²) >= 11 is 3.39. The lowest BCUT2D eigenvalue weighted by Crippen LogP contribution is -2.19. The van der Waals surface area contributed by atoms with Crippen LogP contribution in [0.2, 0.25) is 0 Å². The molecule has 0 heterocycles. The summed E-state index contributed by atoms with van der Waals surface area (Å²) in [7, 11) is 1.89. The highest BCUT2D eigenvalue weighted by Crippen LogP contribution is 2.24. The second-order valence-electron chi connectivity index (χ2n) is 4.78. The average Bonchev–Trinajstić information content (AvgIpc) is 2.49. The normalized spacial score (nSPS) is 12.2. The first-order valence-electron chi connectivity index (χ1n) is 6.98. The molecule has 21 heavy (non-hydrogen) atoms. The van der Waals surface area contributed by atoms with Gasteiger partial charge < -0.3 is 10.1 Å². The Bertz CT molecular complexity index is 586. The number of benzene rings is 2. The van der Waals surface area contributed by atoms with Crippen LogP contribution in [0.1, 0.15) is 24.1 Å². The molecule has 1 unspecified atom stereocenters. The van der Waals surface area contributed by atoms with Gasteiger partial charge in [-0.25, -0.2) is 4.39 Å². The van der Waals surface area contributed by atoms with Crippen LogP contribution in [0.5, 0.6) is 5.75 Å². The van der Waals surface area contributed by atoms with Crippen LogP contribution in [-0.4, -0.2) is 13.7 Å². The van der Waals surface area contributed by atoms with E-state index in [0.717, 1.165) is 15.8 Å². The summed E-state index contributed by atoms with van der Waals surface area (Å²) in [6.45, 7) is 2.61. The Morgan fingerprint density at radius 3 is 2.52 bits per heavy atom. The lowest BCUT2D eigenvalue weighted by atomic mass is 9.98. The highest BCUT2D eigenvalue weighted by molar-refractivity contribution is 9.10. The Kier molecular flexibility index (Phi) is 5.76. The summed E-state index contributed by atoms with van der Waals surface area (Å²) in [6, 6.07) is 13.0. The quantitative estimate of drug-likeness (QED) is 0.827. The molecule has 0 bridgehead atoms. The molecule has 0 aliphatic rings. The molecule has 2 rings (SSSR count). The van der Waals surface area contributed by atoms with E-state index in [2.05, 4.69) is 21.2 Å². The molecule has 4 heteroatoms. The van der Waals surface area contributed by atoms with Gasteiger partial charge in [-0.2, -0.15) is 0 Å². The van der Waals surface area contributed by atoms with Gasteiger partial charge >= 0.3 is 0 Å². The first-order chi connectivity index (χ1) is 10.1. The third kappa shape index (κ3) is 4.29. The van der Waals surface area contributed by atoms with Crippen LogP contribution in [0.3, 0.4) is 0 Å². The highest BCUT2D eigenvalue weighted by atomic mass is 79.9. The smallest absolute Gasteiger partial charge is 0.126 e. The van der Waals surface area contributed by atoms with Gasteiger partial charge in [0.05, 0.1) is 6.61 Å². The lowest BCUT2D eigenvalue weighted by molar-refractivity contribution is 0.340. The van der Waals surface area contributed by atoms with Crippen molar-refractivity contribution in [2.24, 2.45) is 0 Å². The maximum absolute atomic E-state index is 13.9. The number of hydrogen-bond donors (Lipinski definition) is 1. The lowest BCUT2D eigenvalue weighted by Gasteiger charge is -2.18. The van der Waals surface area contributed by atoms with Gasteiger partial charge in [-0.05, 0) is 61.9 Å². The minimum absolute atomic E-state index is 0.0597. The fraction of sp³-hybridized carbons (Fsp3) is 0.294. The van der Waals surface area contributed by atoms with Crippen LogP contribution < -0.4 is 10.1 Å². The molecule has 0 aliphatic heterocycles. The van der Waals surface area contributed by atoms with Crippen molar-refractivity contribution < 1.29 is 9.13 Å². The highest BCUT2D eigenvalue weighted by Gasteiger charge is 2.13. The molecule has 0 aromatic heterocycles. The topological polar surface area (TPSA) is 21.3 Å². The van der Waals surface area contributed by atoms with Gasteiger partial charge in [-0.15, -0.1) is 0 Å². The Balaban J connectivity index is 2.17.